The van der Waals surface area contributed by atoms with Crippen LogP contribution in [-0.2, 0) is 4.74 Å². The third kappa shape index (κ3) is 3.88. The van der Waals surface area contributed by atoms with E-state index < -0.39 is 12.1 Å². The Balaban J connectivity index is 1.72. The first-order valence-electron chi connectivity index (χ1n) is 7.52. The Morgan fingerprint density at radius 1 is 1.16 bits per heavy atom. The number of hydrogen-bond donors (Lipinski definition) is 0. The summed E-state index contributed by atoms with van der Waals surface area (Å²) < 4.78 is 16.8. The molecule has 1 heterocycles. The Labute approximate surface area is 152 Å². The fourth-order valence-electron chi connectivity index (χ4n) is 2.17. The molecule has 128 valence electrons. The summed E-state index contributed by atoms with van der Waals surface area (Å²) in [5, 5.41) is 7.95. The molecule has 25 heavy (non-hydrogen) atoms. The molecule has 1 aromatic heterocycles. The van der Waals surface area contributed by atoms with E-state index in [0.717, 1.165) is 5.56 Å². The van der Waals surface area contributed by atoms with Crippen molar-refractivity contribution in [3.8, 4) is 17.2 Å². The quantitative estimate of drug-likeness (QED) is 0.587. The number of hydrogen-bond acceptors (Lipinski definition) is 6. The molecule has 1 atom stereocenters. The summed E-state index contributed by atoms with van der Waals surface area (Å²) in [6.45, 7) is 1.68. The number of ether oxygens (including phenoxy) is 2. The molecule has 0 aliphatic rings. The number of halogens is 1. The number of nitrogens with zero attached hydrogens (tertiary/aromatic N) is 2. The van der Waals surface area contributed by atoms with Gasteiger partial charge in [0, 0.05) is 5.56 Å². The summed E-state index contributed by atoms with van der Waals surface area (Å²) in [6.07, 6.45) is -0.668. The van der Waals surface area contributed by atoms with E-state index in [-0.39, 0.29) is 5.89 Å². The molecule has 6 nitrogen and oxygen atoms in total. The van der Waals surface area contributed by atoms with Crippen LogP contribution in [0.5, 0.6) is 5.75 Å². The number of rotatable bonds is 5. The van der Waals surface area contributed by atoms with Gasteiger partial charge >= 0.3 is 5.97 Å². The fraction of sp³-hybridized carbons (Fsp3) is 0.167. The predicted molar refractivity (Wildman–Crippen MR) is 94.3 cm³/mol. The van der Waals surface area contributed by atoms with E-state index in [0.29, 0.717) is 21.7 Å². The molecule has 0 aliphatic carbocycles. The lowest BCUT2D eigenvalue weighted by Crippen LogP contribution is -2.09. The van der Waals surface area contributed by atoms with Gasteiger partial charge in [-0.15, -0.1) is 10.2 Å². The van der Waals surface area contributed by atoms with Gasteiger partial charge in [-0.1, -0.05) is 18.2 Å². The highest BCUT2D eigenvalue weighted by Gasteiger charge is 2.20. The van der Waals surface area contributed by atoms with Gasteiger partial charge in [0.25, 0.3) is 5.89 Å². The van der Waals surface area contributed by atoms with Crippen molar-refractivity contribution in [2.24, 2.45) is 0 Å². The van der Waals surface area contributed by atoms with Crippen LogP contribution in [0.3, 0.4) is 0 Å². The number of benzene rings is 2. The van der Waals surface area contributed by atoms with Gasteiger partial charge in [-0.05, 0) is 53.2 Å². The van der Waals surface area contributed by atoms with E-state index >= 15 is 0 Å². The molecule has 0 radical (unpaired) electrons. The van der Waals surface area contributed by atoms with Gasteiger partial charge in [-0.2, -0.15) is 0 Å². The van der Waals surface area contributed by atoms with Crippen LogP contribution < -0.4 is 4.74 Å². The first kappa shape index (κ1) is 17.2. The molecule has 0 bridgehead atoms. The van der Waals surface area contributed by atoms with Gasteiger partial charge in [0.05, 0.1) is 17.1 Å². The minimum Gasteiger partial charge on any atom is -0.496 e. The van der Waals surface area contributed by atoms with Crippen LogP contribution in [0.1, 0.15) is 29.3 Å². The third-order valence-corrected chi connectivity index (χ3v) is 4.10. The fourth-order valence-corrected chi connectivity index (χ4v) is 2.71. The zero-order valence-electron chi connectivity index (χ0n) is 13.6. The van der Waals surface area contributed by atoms with E-state index in [9.17, 15) is 4.79 Å². The lowest BCUT2D eigenvalue weighted by Gasteiger charge is -2.10. The van der Waals surface area contributed by atoms with Gasteiger partial charge in [-0.3, -0.25) is 0 Å². The smallest absolute Gasteiger partial charge is 0.338 e. The number of methoxy groups -OCH3 is 1. The van der Waals surface area contributed by atoms with E-state index in [1.165, 1.54) is 0 Å². The maximum absolute atomic E-state index is 12.3. The van der Waals surface area contributed by atoms with Crippen molar-refractivity contribution in [2.45, 2.75) is 13.0 Å². The maximum atomic E-state index is 12.3. The number of carbonyl (C=O) groups is 1. The monoisotopic (exact) mass is 402 g/mol. The summed E-state index contributed by atoms with van der Waals surface area (Å²) in [4.78, 5) is 12.3. The molecule has 0 N–H and O–H groups in total. The number of esters is 1. The van der Waals surface area contributed by atoms with Crippen molar-refractivity contribution in [2.75, 3.05) is 7.11 Å². The molecular formula is C18H15BrN2O4. The Bertz CT molecular complexity index is 880. The second kappa shape index (κ2) is 7.48. The molecule has 3 aromatic rings. The van der Waals surface area contributed by atoms with Crippen LogP contribution in [0.25, 0.3) is 11.5 Å². The van der Waals surface area contributed by atoms with Crippen molar-refractivity contribution in [1.82, 2.24) is 10.2 Å². The molecule has 2 aromatic carbocycles. The van der Waals surface area contributed by atoms with Crippen LogP contribution in [-0.4, -0.2) is 23.3 Å². The van der Waals surface area contributed by atoms with Crippen molar-refractivity contribution in [3.05, 3.63) is 64.5 Å². The van der Waals surface area contributed by atoms with Crippen LogP contribution in [0.2, 0.25) is 0 Å². The first-order chi connectivity index (χ1) is 12.1. The molecule has 7 heteroatoms. The van der Waals surface area contributed by atoms with E-state index in [4.69, 9.17) is 13.9 Å². The van der Waals surface area contributed by atoms with Crippen molar-refractivity contribution in [1.29, 1.82) is 0 Å². The Hall–Kier alpha value is -2.67. The molecule has 3 rings (SSSR count). The lowest BCUT2D eigenvalue weighted by atomic mass is 10.2. The lowest BCUT2D eigenvalue weighted by molar-refractivity contribution is 0.0280. The molecule has 0 amide bonds. The topological polar surface area (TPSA) is 74.5 Å². The summed E-state index contributed by atoms with van der Waals surface area (Å²) in [5.41, 5.74) is 1.20. The van der Waals surface area contributed by atoms with E-state index in [2.05, 4.69) is 26.1 Å². The molecular weight excluding hydrogens is 388 g/mol. The van der Waals surface area contributed by atoms with Gasteiger partial charge in [0.1, 0.15) is 5.75 Å². The molecule has 0 aliphatic heterocycles. The summed E-state index contributed by atoms with van der Waals surface area (Å²) in [7, 11) is 1.56. The van der Waals surface area contributed by atoms with E-state index in [1.54, 1.807) is 32.2 Å². The average molecular weight is 403 g/mol. The molecule has 0 spiro atoms. The van der Waals surface area contributed by atoms with Gasteiger partial charge in [-0.25, -0.2) is 4.79 Å². The normalized spacial score (nSPS) is 11.8. The second-order valence-corrected chi connectivity index (χ2v) is 6.06. The first-order valence-corrected chi connectivity index (χ1v) is 8.31. The van der Waals surface area contributed by atoms with Crippen LogP contribution in [0, 0.1) is 0 Å². The highest BCUT2D eigenvalue weighted by atomic mass is 79.9. The average Bonchev–Trinajstić information content (AvgIpc) is 3.12. The minimum absolute atomic E-state index is 0.236. The standard InChI is InChI=1S/C18H15BrN2O4/c1-11(16-20-21-17(25-16)12-6-4-3-5-7-12)24-18(22)13-8-9-15(23-2)14(19)10-13/h3-11H,1-2H3/t11-/m1/s1. The highest BCUT2D eigenvalue weighted by molar-refractivity contribution is 9.10. The van der Waals surface area contributed by atoms with Crippen LogP contribution >= 0.6 is 15.9 Å². The Morgan fingerprint density at radius 3 is 2.60 bits per heavy atom. The Morgan fingerprint density at radius 2 is 1.92 bits per heavy atom. The van der Waals surface area contributed by atoms with Crippen molar-refractivity contribution >= 4 is 21.9 Å². The van der Waals surface area contributed by atoms with Crippen molar-refractivity contribution in [3.63, 3.8) is 0 Å². The van der Waals surface area contributed by atoms with Crippen LogP contribution in [0.4, 0.5) is 0 Å². The van der Waals surface area contributed by atoms with Gasteiger partial charge < -0.3 is 13.9 Å². The third-order valence-electron chi connectivity index (χ3n) is 3.48. The number of carbonyl (C=O) groups excluding carboxylic acids is 1. The van der Waals surface area contributed by atoms with Gasteiger partial charge in [0.15, 0.2) is 6.10 Å². The SMILES string of the molecule is COc1ccc(C(=O)O[C@H](C)c2nnc(-c3ccccc3)o2)cc1Br. The predicted octanol–water partition coefficient (Wildman–Crippen LogP) is 4.43. The van der Waals surface area contributed by atoms with Crippen LogP contribution in [0.15, 0.2) is 57.4 Å². The van der Waals surface area contributed by atoms with Gasteiger partial charge in [0.2, 0.25) is 5.89 Å². The molecule has 0 fully saturated rings. The summed E-state index contributed by atoms with van der Waals surface area (Å²) >= 11 is 3.34. The zero-order valence-corrected chi connectivity index (χ0v) is 15.2. The largest absolute Gasteiger partial charge is 0.496 e. The molecule has 0 unspecified atom stereocenters. The zero-order chi connectivity index (χ0) is 17.8. The minimum atomic E-state index is -0.668. The van der Waals surface area contributed by atoms with Crippen molar-refractivity contribution < 1.29 is 18.7 Å². The maximum Gasteiger partial charge on any atom is 0.338 e. The second-order valence-electron chi connectivity index (χ2n) is 5.21. The Kier molecular flexibility index (Phi) is 5.14. The number of aromatic nitrogens is 2. The summed E-state index contributed by atoms with van der Waals surface area (Å²) in [6, 6.07) is 14.3. The molecule has 0 saturated carbocycles. The van der Waals surface area contributed by atoms with E-state index in [1.807, 2.05) is 30.3 Å². The molecule has 0 saturated heterocycles. The highest BCUT2D eigenvalue weighted by Crippen LogP contribution is 2.27. The summed E-state index contributed by atoms with van der Waals surface area (Å²) in [5.74, 6) is 0.759.